The summed E-state index contributed by atoms with van der Waals surface area (Å²) < 4.78 is 67.7. The van der Waals surface area contributed by atoms with Gasteiger partial charge >= 0.3 is 0 Å². The van der Waals surface area contributed by atoms with E-state index < -0.39 is 36.3 Å². The molecule has 0 radical (unpaired) electrons. The lowest BCUT2D eigenvalue weighted by atomic mass is 9.87. The van der Waals surface area contributed by atoms with Crippen LogP contribution in [0.15, 0.2) is 48.5 Å². The first-order chi connectivity index (χ1) is 16.1. The van der Waals surface area contributed by atoms with E-state index in [9.17, 15) is 27.1 Å². The lowest BCUT2D eigenvalue weighted by Gasteiger charge is -2.20. The van der Waals surface area contributed by atoms with Crippen LogP contribution in [0.25, 0.3) is 11.1 Å². The minimum Gasteiger partial charge on any atom is -0.398 e. The van der Waals surface area contributed by atoms with E-state index in [1.54, 1.807) is 6.07 Å². The second-order valence-corrected chi connectivity index (χ2v) is 8.42. The number of aliphatic hydroxyl groups excluding tert-OH is 1. The van der Waals surface area contributed by atoms with Crippen molar-refractivity contribution >= 4 is 5.69 Å². The smallest absolute Gasteiger partial charge is 0.281 e. The highest BCUT2D eigenvalue weighted by molar-refractivity contribution is 5.80. The molecular formula is C26H21F5N2O. The molecule has 0 aliphatic heterocycles. The average Bonchev–Trinajstić information content (AvgIpc) is 3.03. The van der Waals surface area contributed by atoms with E-state index in [0.29, 0.717) is 29.5 Å². The Kier molecular flexibility index (Phi) is 6.32. The number of alkyl halides is 3. The summed E-state index contributed by atoms with van der Waals surface area (Å²) >= 11 is 0. The van der Waals surface area contributed by atoms with Gasteiger partial charge in [-0.15, -0.1) is 0 Å². The van der Waals surface area contributed by atoms with Gasteiger partial charge in [0, 0.05) is 17.7 Å². The van der Waals surface area contributed by atoms with Gasteiger partial charge in [-0.05, 0) is 71.3 Å². The first kappa shape index (κ1) is 23.7. The van der Waals surface area contributed by atoms with Gasteiger partial charge in [0.1, 0.15) is 23.9 Å². The second kappa shape index (κ2) is 9.07. The highest BCUT2D eigenvalue weighted by atomic mass is 19.3. The Labute approximate surface area is 193 Å². The standard InChI is InChI=1S/C15H12F3NO.C11H9F2N/c16-10-5-2-6-11(19)13(10)9-4-1-3-8-7-15(17,18)14(20)12(8)9;12-8-4-7(6-14)9-2-1-3-11(13)10(9)5-8/h1-6,14,20H,7,19H2;4-5,11H,1-3H2. The first-order valence-electron chi connectivity index (χ1n) is 10.7. The molecule has 176 valence electrons. The number of nitrogens with two attached hydrogens (primary N) is 1. The lowest BCUT2D eigenvalue weighted by Crippen LogP contribution is -2.21. The highest BCUT2D eigenvalue weighted by Crippen LogP contribution is 2.48. The molecule has 3 aromatic carbocycles. The summed E-state index contributed by atoms with van der Waals surface area (Å²) in [6.45, 7) is 0. The van der Waals surface area contributed by atoms with Crippen LogP contribution in [0.2, 0.25) is 0 Å². The molecule has 0 fully saturated rings. The van der Waals surface area contributed by atoms with Crippen LogP contribution < -0.4 is 5.73 Å². The summed E-state index contributed by atoms with van der Waals surface area (Å²) in [5.41, 5.74) is 7.91. The molecule has 2 unspecified atom stereocenters. The Hall–Kier alpha value is -3.44. The molecule has 0 saturated heterocycles. The molecule has 2 aliphatic carbocycles. The molecular weight excluding hydrogens is 451 g/mol. The van der Waals surface area contributed by atoms with E-state index in [0.717, 1.165) is 6.42 Å². The van der Waals surface area contributed by atoms with Crippen LogP contribution in [-0.4, -0.2) is 11.0 Å². The van der Waals surface area contributed by atoms with Gasteiger partial charge in [0.2, 0.25) is 0 Å². The van der Waals surface area contributed by atoms with Crippen molar-refractivity contribution in [2.45, 2.75) is 43.9 Å². The van der Waals surface area contributed by atoms with Crippen molar-refractivity contribution in [1.29, 1.82) is 5.26 Å². The van der Waals surface area contributed by atoms with Crippen LogP contribution in [0.1, 0.15) is 52.9 Å². The zero-order valence-corrected chi connectivity index (χ0v) is 18.0. The molecule has 8 heteroatoms. The molecule has 0 amide bonds. The topological polar surface area (TPSA) is 70.0 Å². The number of anilines is 1. The van der Waals surface area contributed by atoms with Crippen LogP contribution in [0.4, 0.5) is 27.6 Å². The normalized spacial score (nSPS) is 19.9. The van der Waals surface area contributed by atoms with E-state index in [-0.39, 0.29) is 27.9 Å². The predicted molar refractivity (Wildman–Crippen MR) is 118 cm³/mol. The van der Waals surface area contributed by atoms with Crippen molar-refractivity contribution in [2.24, 2.45) is 0 Å². The zero-order chi connectivity index (χ0) is 24.6. The van der Waals surface area contributed by atoms with Crippen molar-refractivity contribution in [2.75, 3.05) is 5.73 Å². The molecule has 3 nitrogen and oxygen atoms in total. The summed E-state index contributed by atoms with van der Waals surface area (Å²) in [5.74, 6) is -4.36. The van der Waals surface area contributed by atoms with Crippen LogP contribution in [0.5, 0.6) is 0 Å². The van der Waals surface area contributed by atoms with Crippen molar-refractivity contribution < 1.29 is 27.1 Å². The fourth-order valence-corrected chi connectivity index (χ4v) is 4.62. The number of hydrogen-bond acceptors (Lipinski definition) is 3. The van der Waals surface area contributed by atoms with Gasteiger partial charge in [0.05, 0.1) is 11.6 Å². The van der Waals surface area contributed by atoms with Crippen LogP contribution >= 0.6 is 0 Å². The number of halogens is 5. The van der Waals surface area contributed by atoms with Crippen LogP contribution in [0, 0.1) is 23.0 Å². The number of benzene rings is 3. The Bertz CT molecular complexity index is 1260. The van der Waals surface area contributed by atoms with Gasteiger partial charge < -0.3 is 10.8 Å². The van der Waals surface area contributed by atoms with Gasteiger partial charge in [-0.25, -0.2) is 22.0 Å². The summed E-state index contributed by atoms with van der Waals surface area (Å²) in [4.78, 5) is 0. The summed E-state index contributed by atoms with van der Waals surface area (Å²) in [7, 11) is 0. The molecule has 2 atom stereocenters. The summed E-state index contributed by atoms with van der Waals surface area (Å²) in [5, 5.41) is 18.6. The molecule has 2 aliphatic rings. The average molecular weight is 472 g/mol. The van der Waals surface area contributed by atoms with Crippen LogP contribution in [-0.2, 0) is 12.8 Å². The maximum Gasteiger partial charge on any atom is 0.281 e. The van der Waals surface area contributed by atoms with E-state index in [2.05, 4.69) is 0 Å². The van der Waals surface area contributed by atoms with E-state index in [1.165, 1.54) is 42.5 Å². The Morgan fingerprint density at radius 2 is 1.82 bits per heavy atom. The number of aliphatic hydroxyl groups is 1. The SMILES string of the molecule is N#Cc1cc(F)cc2c1CCCC2F.Nc1cccc(F)c1-c1cccc2c1C(O)C(F)(F)C2. The monoisotopic (exact) mass is 472 g/mol. The van der Waals surface area contributed by atoms with Gasteiger partial charge in [-0.1, -0.05) is 24.3 Å². The van der Waals surface area contributed by atoms with Crippen molar-refractivity contribution in [3.8, 4) is 17.2 Å². The van der Waals surface area contributed by atoms with Gasteiger partial charge in [0.25, 0.3) is 5.92 Å². The quantitative estimate of drug-likeness (QED) is 0.321. The number of rotatable bonds is 1. The fourth-order valence-electron chi connectivity index (χ4n) is 4.62. The minimum atomic E-state index is -3.24. The molecule has 5 rings (SSSR count). The number of nitrogens with zero attached hydrogens (tertiary/aromatic N) is 1. The largest absolute Gasteiger partial charge is 0.398 e. The van der Waals surface area contributed by atoms with Crippen molar-refractivity contribution in [3.63, 3.8) is 0 Å². The van der Waals surface area contributed by atoms with Gasteiger partial charge in [-0.2, -0.15) is 5.26 Å². The first-order valence-corrected chi connectivity index (χ1v) is 10.7. The Morgan fingerprint density at radius 1 is 1.09 bits per heavy atom. The van der Waals surface area contributed by atoms with Gasteiger partial charge in [0.15, 0.2) is 0 Å². The minimum absolute atomic E-state index is 0.0566. The number of nitriles is 1. The summed E-state index contributed by atoms with van der Waals surface area (Å²) in [6.07, 6.45) is -1.75. The Morgan fingerprint density at radius 3 is 2.53 bits per heavy atom. The summed E-state index contributed by atoms with van der Waals surface area (Å²) in [6, 6.07) is 13.0. The van der Waals surface area contributed by atoms with E-state index in [1.807, 2.05) is 6.07 Å². The molecule has 3 N–H and O–H groups in total. The lowest BCUT2D eigenvalue weighted by molar-refractivity contribution is -0.0966. The second-order valence-electron chi connectivity index (χ2n) is 8.42. The maximum absolute atomic E-state index is 14.0. The fraction of sp³-hybridized carbons (Fsp3) is 0.269. The third-order valence-electron chi connectivity index (χ3n) is 6.20. The molecule has 34 heavy (non-hydrogen) atoms. The van der Waals surface area contributed by atoms with Gasteiger partial charge in [-0.3, -0.25) is 0 Å². The molecule has 0 spiro atoms. The van der Waals surface area contributed by atoms with E-state index in [4.69, 9.17) is 11.0 Å². The predicted octanol–water partition coefficient (Wildman–Crippen LogP) is 6.34. The molecule has 0 heterocycles. The van der Waals surface area contributed by atoms with E-state index >= 15 is 0 Å². The number of hydrogen-bond donors (Lipinski definition) is 2. The third kappa shape index (κ3) is 4.24. The highest BCUT2D eigenvalue weighted by Gasteiger charge is 2.48. The molecule has 0 saturated carbocycles. The molecule has 0 bridgehead atoms. The number of nitrogen functional groups attached to an aromatic ring is 1. The third-order valence-corrected chi connectivity index (χ3v) is 6.20. The van der Waals surface area contributed by atoms with Crippen molar-refractivity contribution in [1.82, 2.24) is 0 Å². The molecule has 3 aromatic rings. The number of fused-ring (bicyclic) bond motifs is 2. The van der Waals surface area contributed by atoms with Crippen LogP contribution in [0.3, 0.4) is 0 Å². The van der Waals surface area contributed by atoms with Crippen molar-refractivity contribution in [3.05, 3.63) is 88.0 Å². The Balaban J connectivity index is 0.000000172. The maximum atomic E-state index is 14.0. The molecule has 0 aromatic heterocycles. The zero-order valence-electron chi connectivity index (χ0n) is 18.0.